The standard InChI is InChI=1S/C25H28N4O2S/c1-16-5-9-20(10-6-16)23-24(21-11-7-17(2)8-12-21)27-28-25(26-23)32-15-22(30)29-13-18(3)31-19(4)14-29/h5-12,18-19H,13-15H2,1-4H3/t18-,19-/m1/s1. The highest BCUT2D eigenvalue weighted by molar-refractivity contribution is 7.99. The molecule has 7 heteroatoms. The van der Waals surface area contributed by atoms with Crippen molar-refractivity contribution in [2.24, 2.45) is 0 Å². The van der Waals surface area contributed by atoms with E-state index in [9.17, 15) is 4.79 Å². The monoisotopic (exact) mass is 448 g/mol. The Kier molecular flexibility index (Phi) is 6.86. The first-order valence-electron chi connectivity index (χ1n) is 10.8. The first-order chi connectivity index (χ1) is 15.4. The number of thioether (sulfide) groups is 1. The topological polar surface area (TPSA) is 68.2 Å². The van der Waals surface area contributed by atoms with Gasteiger partial charge >= 0.3 is 0 Å². The molecule has 6 nitrogen and oxygen atoms in total. The maximum Gasteiger partial charge on any atom is 0.233 e. The van der Waals surface area contributed by atoms with E-state index in [2.05, 4.69) is 48.3 Å². The van der Waals surface area contributed by atoms with Gasteiger partial charge in [-0.3, -0.25) is 4.79 Å². The molecule has 1 amide bonds. The predicted molar refractivity (Wildman–Crippen MR) is 127 cm³/mol. The maximum absolute atomic E-state index is 12.7. The fourth-order valence-electron chi connectivity index (χ4n) is 3.79. The van der Waals surface area contributed by atoms with Crippen molar-refractivity contribution in [3.05, 3.63) is 59.7 Å². The lowest BCUT2D eigenvalue weighted by Crippen LogP contribution is -2.48. The highest BCUT2D eigenvalue weighted by atomic mass is 32.2. The Hall–Kier alpha value is -2.77. The van der Waals surface area contributed by atoms with Gasteiger partial charge in [-0.25, -0.2) is 4.98 Å². The van der Waals surface area contributed by atoms with Crippen LogP contribution in [0.1, 0.15) is 25.0 Å². The molecule has 0 radical (unpaired) electrons. The smallest absolute Gasteiger partial charge is 0.233 e. The molecule has 0 saturated carbocycles. The van der Waals surface area contributed by atoms with Crippen LogP contribution in [0, 0.1) is 13.8 Å². The average molecular weight is 449 g/mol. The van der Waals surface area contributed by atoms with Crippen molar-refractivity contribution in [2.75, 3.05) is 18.8 Å². The molecule has 1 saturated heterocycles. The molecule has 0 aliphatic carbocycles. The van der Waals surface area contributed by atoms with E-state index in [0.29, 0.717) is 18.2 Å². The van der Waals surface area contributed by atoms with Gasteiger partial charge in [0.1, 0.15) is 11.4 Å². The Morgan fingerprint density at radius 2 is 1.44 bits per heavy atom. The molecule has 0 N–H and O–H groups in total. The molecule has 2 atom stereocenters. The van der Waals surface area contributed by atoms with Crippen LogP contribution in [-0.2, 0) is 9.53 Å². The molecule has 0 unspecified atom stereocenters. The molecular weight excluding hydrogens is 420 g/mol. The lowest BCUT2D eigenvalue weighted by atomic mass is 10.0. The quantitative estimate of drug-likeness (QED) is 0.534. The van der Waals surface area contributed by atoms with Crippen LogP contribution in [-0.4, -0.2) is 57.0 Å². The van der Waals surface area contributed by atoms with E-state index >= 15 is 0 Å². The van der Waals surface area contributed by atoms with E-state index < -0.39 is 0 Å². The third-order valence-electron chi connectivity index (χ3n) is 5.41. The van der Waals surface area contributed by atoms with Crippen molar-refractivity contribution in [2.45, 2.75) is 45.1 Å². The highest BCUT2D eigenvalue weighted by Gasteiger charge is 2.26. The van der Waals surface area contributed by atoms with Crippen LogP contribution in [0.25, 0.3) is 22.5 Å². The van der Waals surface area contributed by atoms with Crippen LogP contribution in [0.15, 0.2) is 53.7 Å². The first-order valence-corrected chi connectivity index (χ1v) is 11.8. The van der Waals surface area contributed by atoms with Crippen LogP contribution in [0.5, 0.6) is 0 Å². The van der Waals surface area contributed by atoms with Gasteiger partial charge in [0, 0.05) is 24.2 Å². The van der Waals surface area contributed by atoms with Crippen LogP contribution < -0.4 is 0 Å². The third-order valence-corrected chi connectivity index (χ3v) is 6.24. The number of aryl methyl sites for hydroxylation is 2. The summed E-state index contributed by atoms with van der Waals surface area (Å²) in [5, 5.41) is 9.35. The van der Waals surface area contributed by atoms with Gasteiger partial charge in [0.25, 0.3) is 0 Å². The number of ether oxygens (including phenoxy) is 1. The van der Waals surface area contributed by atoms with E-state index in [1.807, 2.05) is 43.0 Å². The zero-order valence-corrected chi connectivity index (χ0v) is 19.7. The lowest BCUT2D eigenvalue weighted by molar-refractivity contribution is -0.140. The normalized spacial score (nSPS) is 18.6. The zero-order chi connectivity index (χ0) is 22.7. The van der Waals surface area contributed by atoms with Gasteiger partial charge in [0.05, 0.1) is 18.0 Å². The Labute approximate surface area is 193 Å². The zero-order valence-electron chi connectivity index (χ0n) is 18.9. The van der Waals surface area contributed by atoms with E-state index in [4.69, 9.17) is 9.72 Å². The number of morpholine rings is 1. The Morgan fingerprint density at radius 3 is 2.00 bits per heavy atom. The number of benzene rings is 2. The van der Waals surface area contributed by atoms with Gasteiger partial charge in [-0.05, 0) is 27.7 Å². The predicted octanol–water partition coefficient (Wildman–Crippen LogP) is 4.55. The largest absolute Gasteiger partial charge is 0.372 e. The van der Waals surface area contributed by atoms with E-state index in [-0.39, 0.29) is 23.9 Å². The molecule has 32 heavy (non-hydrogen) atoms. The van der Waals surface area contributed by atoms with Crippen LogP contribution in [0.3, 0.4) is 0 Å². The summed E-state index contributed by atoms with van der Waals surface area (Å²) in [6, 6.07) is 16.4. The summed E-state index contributed by atoms with van der Waals surface area (Å²) in [7, 11) is 0. The van der Waals surface area contributed by atoms with Gasteiger partial charge < -0.3 is 9.64 Å². The molecule has 1 aromatic heterocycles. The van der Waals surface area contributed by atoms with E-state index in [1.165, 1.54) is 22.9 Å². The van der Waals surface area contributed by atoms with Crippen LogP contribution in [0.4, 0.5) is 0 Å². The number of aromatic nitrogens is 3. The molecule has 166 valence electrons. The van der Waals surface area contributed by atoms with Gasteiger partial charge in [-0.2, -0.15) is 0 Å². The van der Waals surface area contributed by atoms with Crippen LogP contribution >= 0.6 is 11.8 Å². The lowest BCUT2D eigenvalue weighted by Gasteiger charge is -2.35. The SMILES string of the molecule is Cc1ccc(-c2nnc(SCC(=O)N3C[C@@H](C)O[C@H](C)C3)nc2-c2ccc(C)cc2)cc1. The summed E-state index contributed by atoms with van der Waals surface area (Å²) in [4.78, 5) is 19.4. The summed E-state index contributed by atoms with van der Waals surface area (Å²) in [6.07, 6.45) is 0.0973. The molecular formula is C25H28N4O2S. The molecule has 0 bridgehead atoms. The number of hydrogen-bond acceptors (Lipinski definition) is 6. The minimum absolute atomic E-state index is 0.0487. The fourth-order valence-corrected chi connectivity index (χ4v) is 4.48. The summed E-state index contributed by atoms with van der Waals surface area (Å²) < 4.78 is 5.73. The molecule has 2 aromatic carbocycles. The number of carbonyl (C=O) groups is 1. The van der Waals surface area contributed by atoms with E-state index in [1.54, 1.807) is 0 Å². The molecule has 1 fully saturated rings. The van der Waals surface area contributed by atoms with Crippen molar-refractivity contribution in [3.8, 4) is 22.5 Å². The van der Waals surface area contributed by atoms with E-state index in [0.717, 1.165) is 22.5 Å². The van der Waals surface area contributed by atoms with Crippen molar-refractivity contribution >= 4 is 17.7 Å². The maximum atomic E-state index is 12.7. The molecule has 4 rings (SSSR count). The molecule has 0 spiro atoms. The number of amides is 1. The number of nitrogens with zero attached hydrogens (tertiary/aromatic N) is 4. The van der Waals surface area contributed by atoms with Gasteiger partial charge in [0.2, 0.25) is 11.1 Å². The second kappa shape index (κ2) is 9.79. The van der Waals surface area contributed by atoms with Crippen LogP contribution in [0.2, 0.25) is 0 Å². The van der Waals surface area contributed by atoms with Crippen molar-refractivity contribution < 1.29 is 9.53 Å². The first kappa shape index (κ1) is 22.4. The second-order valence-electron chi connectivity index (χ2n) is 8.37. The summed E-state index contributed by atoms with van der Waals surface area (Å²) >= 11 is 1.33. The highest BCUT2D eigenvalue weighted by Crippen LogP contribution is 2.30. The van der Waals surface area contributed by atoms with Crippen molar-refractivity contribution in [1.82, 2.24) is 20.1 Å². The Balaban J connectivity index is 1.58. The Morgan fingerprint density at radius 1 is 0.906 bits per heavy atom. The van der Waals surface area contributed by atoms with Crippen molar-refractivity contribution in [1.29, 1.82) is 0 Å². The van der Waals surface area contributed by atoms with Gasteiger partial charge in [0.15, 0.2) is 0 Å². The summed E-state index contributed by atoms with van der Waals surface area (Å²) in [6.45, 7) is 9.33. The summed E-state index contributed by atoms with van der Waals surface area (Å²) in [5.74, 6) is 0.346. The van der Waals surface area contributed by atoms with Gasteiger partial charge in [-0.15, -0.1) is 10.2 Å². The molecule has 3 aromatic rings. The fraction of sp³-hybridized carbons (Fsp3) is 0.360. The minimum atomic E-state index is 0.0487. The number of rotatable bonds is 5. The van der Waals surface area contributed by atoms with Crippen molar-refractivity contribution in [3.63, 3.8) is 0 Å². The molecule has 1 aliphatic heterocycles. The molecule has 2 heterocycles. The Bertz CT molecular complexity index is 1080. The summed E-state index contributed by atoms with van der Waals surface area (Å²) in [5.41, 5.74) is 5.82. The molecule has 1 aliphatic rings. The van der Waals surface area contributed by atoms with Gasteiger partial charge in [-0.1, -0.05) is 71.4 Å². The average Bonchev–Trinajstić information content (AvgIpc) is 2.78. The third kappa shape index (κ3) is 5.34. The minimum Gasteiger partial charge on any atom is -0.372 e. The number of carbonyl (C=O) groups excluding carboxylic acids is 1. The number of hydrogen-bond donors (Lipinski definition) is 0. The second-order valence-corrected chi connectivity index (χ2v) is 9.31.